The first-order chi connectivity index (χ1) is 16.1. The standard InChI is InChI=1S/C28H44O6Si/c1-19(29)34-23-12-14-26(5)21(27(23,6)17-33-35(7,8)25(2,3)4)11-15-28(18-32-28)22(26)10-9-20-13-16-31-24(20)30/h9-10,13,21-23H,11-12,14-18H2,1-8H3/b10-9+/t21-,22-,23+,26+,27-,28+/m0/s1. The van der Waals surface area contributed by atoms with Crippen LogP contribution in [0.4, 0.5) is 0 Å². The van der Waals surface area contributed by atoms with Crippen molar-refractivity contribution < 1.29 is 28.2 Å². The van der Waals surface area contributed by atoms with E-state index in [-0.39, 0.29) is 45.4 Å². The zero-order valence-electron chi connectivity index (χ0n) is 22.9. The molecule has 0 aromatic rings. The molecule has 35 heavy (non-hydrogen) atoms. The fourth-order valence-electron chi connectivity index (χ4n) is 6.76. The first kappa shape index (κ1) is 26.6. The van der Waals surface area contributed by atoms with Gasteiger partial charge in [0.1, 0.15) is 12.7 Å². The molecule has 2 saturated carbocycles. The Morgan fingerprint density at radius 3 is 2.46 bits per heavy atom. The average molecular weight is 505 g/mol. The van der Waals surface area contributed by atoms with Crippen LogP contribution in [0.2, 0.25) is 18.1 Å². The molecule has 2 aliphatic heterocycles. The molecule has 0 N–H and O–H groups in total. The summed E-state index contributed by atoms with van der Waals surface area (Å²) < 4.78 is 24.0. The molecule has 6 atom stereocenters. The smallest absolute Gasteiger partial charge is 0.338 e. The highest BCUT2D eigenvalue weighted by Gasteiger charge is 2.67. The second kappa shape index (κ2) is 8.84. The summed E-state index contributed by atoms with van der Waals surface area (Å²) in [6, 6.07) is 0. The van der Waals surface area contributed by atoms with Crippen LogP contribution < -0.4 is 0 Å². The molecule has 3 fully saturated rings. The van der Waals surface area contributed by atoms with Gasteiger partial charge in [0, 0.05) is 24.9 Å². The van der Waals surface area contributed by atoms with Gasteiger partial charge in [-0.15, -0.1) is 0 Å². The topological polar surface area (TPSA) is 74.4 Å². The minimum absolute atomic E-state index is 0.0590. The summed E-state index contributed by atoms with van der Waals surface area (Å²) in [6.07, 6.45) is 9.54. The number of epoxide rings is 1. The Morgan fingerprint density at radius 2 is 1.91 bits per heavy atom. The quantitative estimate of drug-likeness (QED) is 0.267. The number of rotatable bonds is 6. The van der Waals surface area contributed by atoms with Gasteiger partial charge < -0.3 is 18.6 Å². The van der Waals surface area contributed by atoms with Crippen molar-refractivity contribution in [2.45, 2.75) is 97.1 Å². The highest BCUT2D eigenvalue weighted by molar-refractivity contribution is 6.74. The number of cyclic esters (lactones) is 1. The highest BCUT2D eigenvalue weighted by atomic mass is 28.4. The van der Waals surface area contributed by atoms with Gasteiger partial charge in [-0.2, -0.15) is 0 Å². The van der Waals surface area contributed by atoms with E-state index in [1.165, 1.54) is 6.92 Å². The van der Waals surface area contributed by atoms with Gasteiger partial charge in [0.2, 0.25) is 0 Å². The third-order valence-electron chi connectivity index (χ3n) is 10.0. The van der Waals surface area contributed by atoms with Crippen LogP contribution in [0, 0.1) is 22.7 Å². The number of hydrogen-bond donors (Lipinski definition) is 0. The summed E-state index contributed by atoms with van der Waals surface area (Å²) >= 11 is 0. The maximum Gasteiger partial charge on any atom is 0.338 e. The van der Waals surface area contributed by atoms with Crippen molar-refractivity contribution in [3.63, 3.8) is 0 Å². The van der Waals surface area contributed by atoms with Gasteiger partial charge in [0.25, 0.3) is 0 Å². The van der Waals surface area contributed by atoms with Crippen molar-refractivity contribution in [1.82, 2.24) is 0 Å². The molecule has 7 heteroatoms. The van der Waals surface area contributed by atoms with Crippen LogP contribution in [-0.2, 0) is 28.2 Å². The lowest BCUT2D eigenvalue weighted by Crippen LogP contribution is -2.61. The molecule has 4 aliphatic rings. The SMILES string of the molecule is CC(=O)O[C@@H]1CC[C@]2(C)[C@H](CC[C@@]3(CO3)[C@H]2/C=C/C2=CCOC2=O)[C@]1(C)CO[Si](C)(C)C(C)(C)C. The van der Waals surface area contributed by atoms with Crippen molar-refractivity contribution in [3.05, 3.63) is 23.8 Å². The van der Waals surface area contributed by atoms with Crippen LogP contribution in [0.3, 0.4) is 0 Å². The largest absolute Gasteiger partial charge is 0.462 e. The molecule has 1 spiro atoms. The molecule has 196 valence electrons. The summed E-state index contributed by atoms with van der Waals surface area (Å²) in [5, 5.41) is 0.103. The van der Waals surface area contributed by atoms with Gasteiger partial charge in [-0.05, 0) is 61.2 Å². The zero-order chi connectivity index (χ0) is 25.9. The van der Waals surface area contributed by atoms with Gasteiger partial charge in [-0.25, -0.2) is 4.79 Å². The van der Waals surface area contributed by atoms with Crippen molar-refractivity contribution in [1.29, 1.82) is 0 Å². The molecule has 0 radical (unpaired) electrons. The van der Waals surface area contributed by atoms with Crippen molar-refractivity contribution in [2.24, 2.45) is 22.7 Å². The third kappa shape index (κ3) is 4.68. The number of carbonyl (C=O) groups is 2. The molecule has 1 saturated heterocycles. The number of hydrogen-bond acceptors (Lipinski definition) is 6. The minimum atomic E-state index is -2.00. The summed E-state index contributed by atoms with van der Waals surface area (Å²) in [5.41, 5.74) is 0.114. The van der Waals surface area contributed by atoms with Crippen LogP contribution in [0.25, 0.3) is 0 Å². The van der Waals surface area contributed by atoms with E-state index in [9.17, 15) is 9.59 Å². The predicted octanol–water partition coefficient (Wildman–Crippen LogP) is 5.58. The Morgan fingerprint density at radius 1 is 1.23 bits per heavy atom. The molecule has 2 heterocycles. The fraction of sp³-hybridized carbons (Fsp3) is 0.786. The molecule has 2 aliphatic carbocycles. The van der Waals surface area contributed by atoms with E-state index in [0.717, 1.165) is 32.3 Å². The fourth-order valence-corrected chi connectivity index (χ4v) is 7.87. The first-order valence-electron chi connectivity index (χ1n) is 13.2. The summed E-state index contributed by atoms with van der Waals surface area (Å²) in [5.74, 6) is -0.00540. The number of esters is 2. The Labute approximate surface area is 211 Å². The van der Waals surface area contributed by atoms with Gasteiger partial charge in [-0.1, -0.05) is 46.8 Å². The second-order valence-corrected chi connectivity index (χ2v) is 18.0. The maximum atomic E-state index is 12.1. The molecule has 0 unspecified atom stereocenters. The van der Waals surface area contributed by atoms with Gasteiger partial charge in [0.05, 0.1) is 17.8 Å². The summed E-state index contributed by atoms with van der Waals surface area (Å²) in [4.78, 5) is 24.2. The van der Waals surface area contributed by atoms with E-state index in [1.54, 1.807) is 0 Å². The van der Waals surface area contributed by atoms with Gasteiger partial charge in [-0.3, -0.25) is 4.79 Å². The van der Waals surface area contributed by atoms with Crippen LogP contribution in [-0.4, -0.2) is 51.8 Å². The van der Waals surface area contributed by atoms with E-state index >= 15 is 0 Å². The van der Waals surface area contributed by atoms with E-state index in [4.69, 9.17) is 18.6 Å². The Kier molecular flexibility index (Phi) is 6.72. The number of fused-ring (bicyclic) bond motifs is 1. The molecule has 0 aromatic heterocycles. The minimum Gasteiger partial charge on any atom is -0.462 e. The zero-order valence-corrected chi connectivity index (χ0v) is 23.9. The van der Waals surface area contributed by atoms with Crippen LogP contribution in [0.15, 0.2) is 23.8 Å². The monoisotopic (exact) mass is 504 g/mol. The maximum absolute atomic E-state index is 12.1. The van der Waals surface area contributed by atoms with Crippen LogP contribution in [0.1, 0.15) is 67.2 Å². The molecular formula is C28H44O6Si. The van der Waals surface area contributed by atoms with E-state index in [1.807, 2.05) is 12.2 Å². The van der Waals surface area contributed by atoms with E-state index in [0.29, 0.717) is 24.7 Å². The molecule has 4 rings (SSSR count). The number of ether oxygens (including phenoxy) is 3. The normalized spacial score (nSPS) is 39.4. The van der Waals surface area contributed by atoms with Crippen molar-refractivity contribution >= 4 is 20.3 Å². The summed E-state index contributed by atoms with van der Waals surface area (Å²) in [7, 11) is -2.00. The predicted molar refractivity (Wildman–Crippen MR) is 137 cm³/mol. The molecule has 6 nitrogen and oxygen atoms in total. The molecular weight excluding hydrogens is 460 g/mol. The van der Waals surface area contributed by atoms with Crippen molar-refractivity contribution in [2.75, 3.05) is 19.8 Å². The van der Waals surface area contributed by atoms with Gasteiger partial charge in [0.15, 0.2) is 8.32 Å². The lowest BCUT2D eigenvalue weighted by atomic mass is 9.45. The molecule has 0 amide bonds. The Balaban J connectivity index is 1.68. The Bertz CT molecular complexity index is 926. The second-order valence-electron chi connectivity index (χ2n) is 13.2. The van der Waals surface area contributed by atoms with Crippen LogP contribution in [0.5, 0.6) is 0 Å². The third-order valence-corrected chi connectivity index (χ3v) is 14.5. The first-order valence-corrected chi connectivity index (χ1v) is 16.1. The molecule has 0 aromatic carbocycles. The summed E-state index contributed by atoms with van der Waals surface area (Å²) in [6.45, 7) is 19.2. The van der Waals surface area contributed by atoms with Crippen molar-refractivity contribution in [3.8, 4) is 0 Å². The highest BCUT2D eigenvalue weighted by Crippen LogP contribution is 2.66. The van der Waals surface area contributed by atoms with E-state index in [2.05, 4.69) is 53.8 Å². The average Bonchev–Trinajstić information content (AvgIpc) is 3.39. The Hall–Kier alpha value is -1.44. The lowest BCUT2D eigenvalue weighted by molar-refractivity contribution is -0.191. The lowest BCUT2D eigenvalue weighted by Gasteiger charge is -2.61. The molecule has 0 bridgehead atoms. The van der Waals surface area contributed by atoms with Gasteiger partial charge >= 0.3 is 11.9 Å². The van der Waals surface area contributed by atoms with Crippen LogP contribution >= 0.6 is 0 Å². The van der Waals surface area contributed by atoms with E-state index < -0.39 is 8.32 Å². The number of carbonyl (C=O) groups excluding carboxylic acids is 2.